The molecule has 1 amide bonds. The van der Waals surface area contributed by atoms with Gasteiger partial charge in [0.15, 0.2) is 0 Å². The van der Waals surface area contributed by atoms with E-state index in [1.54, 1.807) is 12.1 Å². The lowest BCUT2D eigenvalue weighted by Gasteiger charge is -2.47. The van der Waals surface area contributed by atoms with E-state index in [0.29, 0.717) is 0 Å². The maximum Gasteiger partial charge on any atom is 0.225 e. The van der Waals surface area contributed by atoms with E-state index in [9.17, 15) is 4.79 Å². The smallest absolute Gasteiger partial charge is 0.225 e. The SMILES string of the molecule is CCN(CC)c1ccc2c(c1)Oc1c(ccc3cc(N(CC)CC)ccc13)C2(c1ccccc1C)N(C=O)NC. The van der Waals surface area contributed by atoms with Crippen LogP contribution in [-0.2, 0) is 10.3 Å². The molecule has 1 heterocycles. The van der Waals surface area contributed by atoms with Gasteiger partial charge in [-0.05, 0) is 75.4 Å². The minimum atomic E-state index is -0.946. The van der Waals surface area contributed by atoms with Crippen molar-refractivity contribution in [3.05, 3.63) is 95.1 Å². The average Bonchev–Trinajstić information content (AvgIpc) is 2.98. The van der Waals surface area contributed by atoms with Crippen molar-refractivity contribution < 1.29 is 9.53 Å². The summed E-state index contributed by atoms with van der Waals surface area (Å²) in [5.41, 5.74) is 8.51. The molecule has 0 saturated heterocycles. The van der Waals surface area contributed by atoms with Crippen molar-refractivity contribution in [1.29, 1.82) is 0 Å². The standard InChI is InChI=1S/C34H40N4O2/c1-7-36(8-2)26-16-18-28-25(21-26)15-19-31-33(28)40-32-22-27(37(9-3)10-4)17-20-30(32)34(31,38(23-39)35-6)29-14-12-11-13-24(29)5/h11-23,35H,7-10H2,1-6H3. The molecule has 6 nitrogen and oxygen atoms in total. The third kappa shape index (κ3) is 4.18. The molecule has 1 aliphatic heterocycles. The van der Waals surface area contributed by atoms with E-state index in [4.69, 9.17) is 4.74 Å². The molecular weight excluding hydrogens is 496 g/mol. The first kappa shape index (κ1) is 27.5. The summed E-state index contributed by atoms with van der Waals surface area (Å²) in [4.78, 5) is 17.5. The van der Waals surface area contributed by atoms with Crippen molar-refractivity contribution in [2.24, 2.45) is 0 Å². The lowest BCUT2D eigenvalue weighted by molar-refractivity contribution is -0.125. The number of nitrogens with one attached hydrogen (secondary N) is 1. The Morgan fingerprint density at radius 3 is 2.02 bits per heavy atom. The van der Waals surface area contributed by atoms with Crippen LogP contribution in [0.15, 0.2) is 72.8 Å². The normalized spacial score (nSPS) is 15.7. The minimum Gasteiger partial charge on any atom is -0.456 e. The summed E-state index contributed by atoms with van der Waals surface area (Å²) in [5.74, 6) is 1.53. The van der Waals surface area contributed by atoms with Crippen LogP contribution in [0.3, 0.4) is 0 Å². The summed E-state index contributed by atoms with van der Waals surface area (Å²) in [7, 11) is 1.80. The molecule has 1 atom stereocenters. The van der Waals surface area contributed by atoms with Gasteiger partial charge >= 0.3 is 0 Å². The summed E-state index contributed by atoms with van der Waals surface area (Å²) >= 11 is 0. The molecule has 0 aliphatic carbocycles. The number of rotatable bonds is 10. The number of hydrazine groups is 1. The first-order valence-electron chi connectivity index (χ1n) is 14.4. The second-order valence-corrected chi connectivity index (χ2v) is 10.2. The highest BCUT2D eigenvalue weighted by molar-refractivity contribution is 5.94. The predicted molar refractivity (Wildman–Crippen MR) is 166 cm³/mol. The van der Waals surface area contributed by atoms with E-state index < -0.39 is 5.54 Å². The van der Waals surface area contributed by atoms with Crippen LogP contribution in [0.25, 0.3) is 10.8 Å². The largest absolute Gasteiger partial charge is 0.456 e. The highest BCUT2D eigenvalue weighted by atomic mass is 16.5. The van der Waals surface area contributed by atoms with E-state index in [0.717, 1.165) is 82.8 Å². The molecule has 0 saturated carbocycles. The van der Waals surface area contributed by atoms with Gasteiger partial charge in [-0.1, -0.05) is 42.5 Å². The number of hydrogen-bond donors (Lipinski definition) is 1. The fourth-order valence-corrected chi connectivity index (χ4v) is 6.36. The Labute approximate surface area is 238 Å². The van der Waals surface area contributed by atoms with Gasteiger partial charge in [0.25, 0.3) is 0 Å². The zero-order valence-corrected chi connectivity index (χ0v) is 24.5. The number of nitrogens with zero attached hydrogens (tertiary/aromatic N) is 3. The third-order valence-electron chi connectivity index (χ3n) is 8.41. The zero-order chi connectivity index (χ0) is 28.4. The summed E-state index contributed by atoms with van der Waals surface area (Å²) < 4.78 is 6.87. The van der Waals surface area contributed by atoms with E-state index in [-0.39, 0.29) is 0 Å². The Morgan fingerprint density at radius 1 is 0.775 bits per heavy atom. The van der Waals surface area contributed by atoms with Gasteiger partial charge in [0.05, 0.1) is 0 Å². The van der Waals surface area contributed by atoms with Crippen molar-refractivity contribution in [3.8, 4) is 11.5 Å². The first-order valence-corrected chi connectivity index (χ1v) is 14.4. The van der Waals surface area contributed by atoms with Gasteiger partial charge in [0, 0.05) is 67.2 Å². The van der Waals surface area contributed by atoms with Crippen LogP contribution in [-0.4, -0.2) is 44.6 Å². The molecule has 0 radical (unpaired) electrons. The fourth-order valence-electron chi connectivity index (χ4n) is 6.36. The van der Waals surface area contributed by atoms with Crippen molar-refractivity contribution in [2.45, 2.75) is 40.2 Å². The van der Waals surface area contributed by atoms with Crippen molar-refractivity contribution in [2.75, 3.05) is 43.0 Å². The van der Waals surface area contributed by atoms with E-state index in [1.165, 1.54) is 5.69 Å². The van der Waals surface area contributed by atoms with Crippen molar-refractivity contribution >= 4 is 28.6 Å². The molecule has 1 unspecified atom stereocenters. The molecule has 0 fully saturated rings. The second-order valence-electron chi connectivity index (χ2n) is 10.2. The topological polar surface area (TPSA) is 48.1 Å². The lowest BCUT2D eigenvalue weighted by Crippen LogP contribution is -2.54. The van der Waals surface area contributed by atoms with E-state index >= 15 is 0 Å². The van der Waals surface area contributed by atoms with E-state index in [1.807, 2.05) is 12.1 Å². The van der Waals surface area contributed by atoms with Gasteiger partial charge in [0.1, 0.15) is 17.0 Å². The molecule has 1 N–H and O–H groups in total. The number of anilines is 2. The van der Waals surface area contributed by atoms with E-state index in [2.05, 4.69) is 111 Å². The maximum absolute atomic E-state index is 12.9. The number of fused-ring (bicyclic) bond motifs is 4. The zero-order valence-electron chi connectivity index (χ0n) is 24.5. The Bertz CT molecular complexity index is 1530. The Morgan fingerprint density at radius 2 is 1.40 bits per heavy atom. The Kier molecular flexibility index (Phi) is 7.72. The highest BCUT2D eigenvalue weighted by Gasteiger charge is 2.49. The number of ether oxygens (including phenoxy) is 1. The van der Waals surface area contributed by atoms with Crippen LogP contribution in [0.1, 0.15) is 49.9 Å². The average molecular weight is 537 g/mol. The monoisotopic (exact) mass is 536 g/mol. The molecule has 40 heavy (non-hydrogen) atoms. The molecular formula is C34H40N4O2. The molecule has 1 aliphatic rings. The summed E-state index contributed by atoms with van der Waals surface area (Å²) in [5, 5.41) is 3.81. The van der Waals surface area contributed by atoms with Gasteiger partial charge < -0.3 is 14.5 Å². The van der Waals surface area contributed by atoms with Crippen LogP contribution in [0.4, 0.5) is 11.4 Å². The minimum absolute atomic E-state index is 0.752. The van der Waals surface area contributed by atoms with Crippen LogP contribution < -0.4 is 20.0 Å². The number of amides is 1. The molecule has 6 heteroatoms. The van der Waals surface area contributed by atoms with Gasteiger partial charge in [-0.2, -0.15) is 0 Å². The van der Waals surface area contributed by atoms with Crippen LogP contribution in [0, 0.1) is 6.92 Å². The van der Waals surface area contributed by atoms with Crippen LogP contribution in [0.2, 0.25) is 0 Å². The molecule has 208 valence electrons. The molecule has 4 aromatic rings. The highest BCUT2D eigenvalue weighted by Crippen LogP contribution is 2.56. The lowest BCUT2D eigenvalue weighted by atomic mass is 9.72. The fraction of sp³-hybridized carbons (Fsp3) is 0.324. The summed E-state index contributed by atoms with van der Waals surface area (Å²) in [6.45, 7) is 14.4. The maximum atomic E-state index is 12.9. The van der Waals surface area contributed by atoms with Crippen molar-refractivity contribution in [3.63, 3.8) is 0 Å². The molecule has 5 rings (SSSR count). The molecule has 4 aromatic carbocycles. The number of aryl methyl sites for hydroxylation is 1. The van der Waals surface area contributed by atoms with Crippen molar-refractivity contribution in [1.82, 2.24) is 10.4 Å². The Balaban J connectivity index is 1.88. The first-order chi connectivity index (χ1) is 19.5. The molecule has 0 aromatic heterocycles. The van der Waals surface area contributed by atoms with Gasteiger partial charge in [0.2, 0.25) is 6.41 Å². The van der Waals surface area contributed by atoms with Crippen LogP contribution >= 0.6 is 0 Å². The summed E-state index contributed by atoms with van der Waals surface area (Å²) in [6, 6.07) is 25.6. The number of carbonyl (C=O) groups excluding carboxylic acids is 1. The number of hydrogen-bond acceptors (Lipinski definition) is 5. The number of carbonyl (C=O) groups is 1. The third-order valence-corrected chi connectivity index (χ3v) is 8.41. The molecule has 0 spiro atoms. The summed E-state index contributed by atoms with van der Waals surface area (Å²) in [6.07, 6.45) is 0.886. The number of benzene rings is 4. The molecule has 0 bridgehead atoms. The Hall–Kier alpha value is -4.03. The predicted octanol–water partition coefficient (Wildman–Crippen LogP) is 6.83. The van der Waals surface area contributed by atoms with Gasteiger partial charge in [-0.25, -0.2) is 5.43 Å². The van der Waals surface area contributed by atoms with Crippen LogP contribution in [0.5, 0.6) is 11.5 Å². The van der Waals surface area contributed by atoms with Gasteiger partial charge in [-0.3, -0.25) is 9.80 Å². The van der Waals surface area contributed by atoms with Gasteiger partial charge in [-0.15, -0.1) is 0 Å². The second kappa shape index (κ2) is 11.2. The quantitative estimate of drug-likeness (QED) is 0.178.